The molecule has 0 fully saturated rings. The van der Waals surface area contributed by atoms with Gasteiger partial charge in [-0.1, -0.05) is 45.9 Å². The van der Waals surface area contributed by atoms with Gasteiger partial charge in [0.1, 0.15) is 0 Å². The molecule has 0 aliphatic heterocycles. The van der Waals surface area contributed by atoms with Crippen LogP contribution in [-0.4, -0.2) is 5.78 Å². The van der Waals surface area contributed by atoms with Gasteiger partial charge in [0, 0.05) is 16.8 Å². The lowest BCUT2D eigenvalue weighted by atomic mass is 9.88. The van der Waals surface area contributed by atoms with Crippen molar-refractivity contribution in [1.82, 2.24) is 0 Å². The van der Waals surface area contributed by atoms with Crippen molar-refractivity contribution in [1.29, 1.82) is 0 Å². The van der Waals surface area contributed by atoms with E-state index in [1.807, 2.05) is 6.07 Å². The molecule has 2 aromatic rings. The van der Waals surface area contributed by atoms with Crippen LogP contribution in [0, 0.1) is 0 Å². The number of carbonyl (C=O) groups is 1. The fourth-order valence-electron chi connectivity index (χ4n) is 2.41. The van der Waals surface area contributed by atoms with Crippen molar-refractivity contribution in [3.8, 4) is 0 Å². The van der Waals surface area contributed by atoms with Crippen LogP contribution in [-0.2, 0) is 0 Å². The smallest absolute Gasteiger partial charge is 0.193 e. The molecule has 2 aromatic carbocycles. The minimum Gasteiger partial charge on any atom is -0.399 e. The number of rotatable bonds is 4. The van der Waals surface area contributed by atoms with Gasteiger partial charge < -0.3 is 5.73 Å². The molecule has 0 bridgehead atoms. The Hall–Kier alpha value is -2.09. The zero-order valence-corrected chi connectivity index (χ0v) is 13.2. The first-order valence-corrected chi connectivity index (χ1v) is 7.44. The van der Waals surface area contributed by atoms with Crippen molar-refractivity contribution in [3.05, 3.63) is 64.7 Å². The lowest BCUT2D eigenvalue weighted by Crippen LogP contribution is -2.08. The third-order valence-corrected chi connectivity index (χ3v) is 3.78. The van der Waals surface area contributed by atoms with E-state index < -0.39 is 0 Å². The number of nitrogens with two attached hydrogens (primary N) is 1. The van der Waals surface area contributed by atoms with Crippen molar-refractivity contribution >= 4 is 11.5 Å². The molecule has 0 atom stereocenters. The molecule has 0 amide bonds. The predicted octanol–water partition coefficient (Wildman–Crippen LogP) is 4.75. The molecule has 2 heteroatoms. The van der Waals surface area contributed by atoms with E-state index in [-0.39, 0.29) is 5.78 Å². The van der Waals surface area contributed by atoms with Gasteiger partial charge in [-0.25, -0.2) is 0 Å². The van der Waals surface area contributed by atoms with Crippen LogP contribution in [0.1, 0.15) is 66.6 Å². The Morgan fingerprint density at radius 3 is 2.05 bits per heavy atom. The van der Waals surface area contributed by atoms with Crippen LogP contribution >= 0.6 is 0 Å². The number of nitrogen functional groups attached to an aromatic ring is 1. The Balaban J connectivity index is 2.47. The predicted molar refractivity (Wildman–Crippen MR) is 88.9 cm³/mol. The Labute approximate surface area is 127 Å². The van der Waals surface area contributed by atoms with Crippen LogP contribution < -0.4 is 5.73 Å². The average Bonchev–Trinajstić information content (AvgIpc) is 2.46. The number of hydrogen-bond acceptors (Lipinski definition) is 2. The molecule has 0 aromatic heterocycles. The fourth-order valence-corrected chi connectivity index (χ4v) is 2.41. The van der Waals surface area contributed by atoms with Gasteiger partial charge in [0.05, 0.1) is 0 Å². The Morgan fingerprint density at radius 2 is 1.52 bits per heavy atom. The van der Waals surface area contributed by atoms with Crippen molar-refractivity contribution < 1.29 is 4.79 Å². The van der Waals surface area contributed by atoms with E-state index >= 15 is 0 Å². The third-order valence-electron chi connectivity index (χ3n) is 3.78. The molecule has 21 heavy (non-hydrogen) atoms. The maximum atomic E-state index is 12.7. The normalized spacial score (nSPS) is 11.1. The van der Waals surface area contributed by atoms with Crippen LogP contribution in [0.5, 0.6) is 0 Å². The number of carbonyl (C=O) groups excluding carboxylic acids is 1. The summed E-state index contributed by atoms with van der Waals surface area (Å²) in [4.78, 5) is 12.7. The molecule has 0 unspecified atom stereocenters. The molecular formula is C19H23NO. The summed E-state index contributed by atoms with van der Waals surface area (Å²) in [5.41, 5.74) is 10.2. The molecule has 2 N–H and O–H groups in total. The second-order valence-corrected chi connectivity index (χ2v) is 6.11. The zero-order valence-electron chi connectivity index (χ0n) is 13.2. The van der Waals surface area contributed by atoms with Gasteiger partial charge in [0.15, 0.2) is 5.78 Å². The van der Waals surface area contributed by atoms with Crippen molar-refractivity contribution in [3.63, 3.8) is 0 Å². The second kappa shape index (κ2) is 6.13. The summed E-state index contributed by atoms with van der Waals surface area (Å²) in [6.07, 6.45) is 0. The highest BCUT2D eigenvalue weighted by Gasteiger charge is 2.16. The highest BCUT2D eigenvalue weighted by molar-refractivity contribution is 6.10. The van der Waals surface area contributed by atoms with Gasteiger partial charge in [-0.15, -0.1) is 0 Å². The SMILES string of the molecule is CC(C)c1ccc(C(=O)c2ccc(N)cc2)c(C(C)C)c1. The summed E-state index contributed by atoms with van der Waals surface area (Å²) in [5, 5.41) is 0. The summed E-state index contributed by atoms with van der Waals surface area (Å²) in [5.74, 6) is 0.841. The topological polar surface area (TPSA) is 43.1 Å². The lowest BCUT2D eigenvalue weighted by Gasteiger charge is -2.16. The van der Waals surface area contributed by atoms with Gasteiger partial charge in [0.2, 0.25) is 0 Å². The minimum absolute atomic E-state index is 0.0639. The minimum atomic E-state index is 0.0639. The van der Waals surface area contributed by atoms with Crippen LogP contribution in [0.4, 0.5) is 5.69 Å². The van der Waals surface area contributed by atoms with E-state index in [0.717, 1.165) is 11.1 Å². The molecular weight excluding hydrogens is 258 g/mol. The summed E-state index contributed by atoms with van der Waals surface area (Å²) in [6.45, 7) is 8.58. The van der Waals surface area contributed by atoms with Crippen LogP contribution in [0.25, 0.3) is 0 Å². The fraction of sp³-hybridized carbons (Fsp3) is 0.316. The van der Waals surface area contributed by atoms with E-state index in [0.29, 0.717) is 23.1 Å². The first-order chi connectivity index (χ1) is 9.90. The first kappa shape index (κ1) is 15.3. The van der Waals surface area contributed by atoms with Crippen molar-refractivity contribution in [2.24, 2.45) is 0 Å². The number of hydrogen-bond donors (Lipinski definition) is 1. The molecule has 0 aliphatic carbocycles. The highest BCUT2D eigenvalue weighted by atomic mass is 16.1. The molecule has 2 rings (SSSR count). The Kier molecular flexibility index (Phi) is 4.46. The molecule has 0 heterocycles. The maximum Gasteiger partial charge on any atom is 0.193 e. The summed E-state index contributed by atoms with van der Waals surface area (Å²) >= 11 is 0. The van der Waals surface area contributed by atoms with Gasteiger partial charge in [-0.2, -0.15) is 0 Å². The average molecular weight is 281 g/mol. The van der Waals surface area contributed by atoms with Crippen molar-refractivity contribution in [2.45, 2.75) is 39.5 Å². The Morgan fingerprint density at radius 1 is 0.905 bits per heavy atom. The van der Waals surface area contributed by atoms with E-state index in [1.54, 1.807) is 24.3 Å². The molecule has 0 spiro atoms. The molecule has 0 aliphatic rings. The molecule has 0 radical (unpaired) electrons. The number of ketones is 1. The number of anilines is 1. The van der Waals surface area contributed by atoms with Gasteiger partial charge in [-0.05, 0) is 47.2 Å². The first-order valence-electron chi connectivity index (χ1n) is 7.44. The standard InChI is InChI=1S/C19H23NO/c1-12(2)15-7-10-17(18(11-15)13(3)4)19(21)14-5-8-16(20)9-6-14/h5-13H,20H2,1-4H3. The molecule has 110 valence electrons. The van der Waals surface area contributed by atoms with Gasteiger partial charge in [-0.3, -0.25) is 4.79 Å². The van der Waals surface area contributed by atoms with E-state index in [9.17, 15) is 4.79 Å². The summed E-state index contributed by atoms with van der Waals surface area (Å²) in [6, 6.07) is 13.3. The second-order valence-electron chi connectivity index (χ2n) is 6.11. The van der Waals surface area contributed by atoms with E-state index in [4.69, 9.17) is 5.73 Å². The highest BCUT2D eigenvalue weighted by Crippen LogP contribution is 2.26. The van der Waals surface area contributed by atoms with Crippen LogP contribution in [0.2, 0.25) is 0 Å². The van der Waals surface area contributed by atoms with Crippen LogP contribution in [0.15, 0.2) is 42.5 Å². The Bertz CT molecular complexity index is 639. The van der Waals surface area contributed by atoms with Gasteiger partial charge >= 0.3 is 0 Å². The zero-order chi connectivity index (χ0) is 15.6. The molecule has 2 nitrogen and oxygen atoms in total. The number of benzene rings is 2. The summed E-state index contributed by atoms with van der Waals surface area (Å²) in [7, 11) is 0. The largest absolute Gasteiger partial charge is 0.399 e. The quantitative estimate of drug-likeness (QED) is 0.649. The van der Waals surface area contributed by atoms with Crippen molar-refractivity contribution in [2.75, 3.05) is 5.73 Å². The van der Waals surface area contributed by atoms with Gasteiger partial charge in [0.25, 0.3) is 0 Å². The molecule has 0 saturated heterocycles. The van der Waals surface area contributed by atoms with Crippen LogP contribution in [0.3, 0.4) is 0 Å². The van der Waals surface area contributed by atoms with E-state index in [1.165, 1.54) is 5.56 Å². The summed E-state index contributed by atoms with van der Waals surface area (Å²) < 4.78 is 0. The maximum absolute atomic E-state index is 12.7. The van der Waals surface area contributed by atoms with E-state index in [2.05, 4.69) is 39.8 Å². The third kappa shape index (κ3) is 3.33. The molecule has 0 saturated carbocycles. The lowest BCUT2D eigenvalue weighted by molar-refractivity contribution is 0.103. The monoisotopic (exact) mass is 281 g/mol.